The van der Waals surface area contributed by atoms with Crippen LogP contribution in [0, 0.1) is 22.7 Å². The number of nitriles is 1. The first kappa shape index (κ1) is 19.5. The van der Waals surface area contributed by atoms with Crippen molar-refractivity contribution in [2.24, 2.45) is 11.3 Å². The number of aromatic nitrogens is 1. The number of benzene rings is 1. The van der Waals surface area contributed by atoms with E-state index in [9.17, 15) is 14.9 Å². The Morgan fingerprint density at radius 2 is 2.03 bits per heavy atom. The number of hydrogen-bond acceptors (Lipinski definition) is 3. The Labute approximate surface area is 171 Å². The van der Waals surface area contributed by atoms with E-state index in [0.717, 1.165) is 55.8 Å². The zero-order valence-corrected chi connectivity index (χ0v) is 16.9. The third kappa shape index (κ3) is 4.14. The summed E-state index contributed by atoms with van der Waals surface area (Å²) in [6.45, 7) is 2.53. The van der Waals surface area contributed by atoms with Gasteiger partial charge in [0.25, 0.3) is 5.91 Å². The van der Waals surface area contributed by atoms with Crippen LogP contribution in [0.4, 0.5) is 0 Å². The molecule has 6 nitrogen and oxygen atoms in total. The zero-order chi connectivity index (χ0) is 20.4. The molecule has 4 rings (SSSR count). The number of hydrogen-bond donors (Lipinski definition) is 3. The SMILES string of the molecule is CCc1ccc2[nH]c(C(=O)N[C@H]3CCCC[C@H]3C(=O)NCC3(C#N)CC3)cc2c1. The van der Waals surface area contributed by atoms with Crippen LogP contribution >= 0.6 is 0 Å². The van der Waals surface area contributed by atoms with Crippen LogP contribution < -0.4 is 10.6 Å². The quantitative estimate of drug-likeness (QED) is 0.702. The molecule has 3 N–H and O–H groups in total. The highest BCUT2D eigenvalue weighted by atomic mass is 16.2. The van der Waals surface area contributed by atoms with Crippen LogP contribution in [-0.4, -0.2) is 29.4 Å². The molecule has 0 radical (unpaired) electrons. The summed E-state index contributed by atoms with van der Waals surface area (Å²) in [5, 5.41) is 16.3. The first-order chi connectivity index (χ1) is 14.0. The predicted octanol–water partition coefficient (Wildman–Crippen LogP) is 3.44. The number of carbonyl (C=O) groups is 2. The number of H-pyrrole nitrogens is 1. The van der Waals surface area contributed by atoms with E-state index in [1.54, 1.807) is 0 Å². The molecule has 2 atom stereocenters. The lowest BCUT2D eigenvalue weighted by Crippen LogP contribution is -2.49. The van der Waals surface area contributed by atoms with E-state index in [0.29, 0.717) is 12.2 Å². The highest BCUT2D eigenvalue weighted by molar-refractivity contribution is 5.98. The maximum atomic E-state index is 12.9. The lowest BCUT2D eigenvalue weighted by molar-refractivity contribution is -0.126. The molecule has 0 bridgehead atoms. The second-order valence-electron chi connectivity index (χ2n) is 8.54. The number of aryl methyl sites for hydroxylation is 1. The van der Waals surface area contributed by atoms with Gasteiger partial charge in [0.05, 0.1) is 17.4 Å². The zero-order valence-electron chi connectivity index (χ0n) is 16.9. The highest BCUT2D eigenvalue weighted by Gasteiger charge is 2.44. The largest absolute Gasteiger partial charge is 0.354 e. The minimum absolute atomic E-state index is 0.0410. The second-order valence-corrected chi connectivity index (χ2v) is 8.54. The van der Waals surface area contributed by atoms with Crippen LogP contribution in [0.1, 0.15) is 61.5 Å². The normalized spacial score (nSPS) is 22.6. The van der Waals surface area contributed by atoms with Crippen molar-refractivity contribution >= 4 is 22.7 Å². The Hall–Kier alpha value is -2.81. The van der Waals surface area contributed by atoms with Gasteiger partial charge in [-0.25, -0.2) is 0 Å². The number of rotatable bonds is 6. The molecule has 2 amide bonds. The van der Waals surface area contributed by atoms with Crippen molar-refractivity contribution in [2.75, 3.05) is 6.54 Å². The Balaban J connectivity index is 1.42. The summed E-state index contributed by atoms with van der Waals surface area (Å²) in [6.07, 6.45) is 6.22. The highest BCUT2D eigenvalue weighted by Crippen LogP contribution is 2.44. The molecule has 2 aliphatic carbocycles. The molecule has 2 aromatic rings. The Morgan fingerprint density at radius 1 is 1.24 bits per heavy atom. The van der Waals surface area contributed by atoms with Gasteiger partial charge in [-0.2, -0.15) is 5.26 Å². The van der Waals surface area contributed by atoms with Gasteiger partial charge in [0.1, 0.15) is 5.69 Å². The summed E-state index contributed by atoms with van der Waals surface area (Å²) >= 11 is 0. The molecule has 1 aromatic heterocycles. The maximum Gasteiger partial charge on any atom is 0.267 e. The molecule has 0 unspecified atom stereocenters. The van der Waals surface area contributed by atoms with Gasteiger partial charge < -0.3 is 15.6 Å². The number of amides is 2. The fraction of sp³-hybridized carbons (Fsp3) is 0.522. The Kier molecular flexibility index (Phi) is 5.31. The fourth-order valence-electron chi connectivity index (χ4n) is 4.25. The molecule has 6 heteroatoms. The molecule has 0 aliphatic heterocycles. The van der Waals surface area contributed by atoms with Crippen LogP contribution in [0.15, 0.2) is 24.3 Å². The lowest BCUT2D eigenvalue weighted by Gasteiger charge is -2.31. The van der Waals surface area contributed by atoms with Crippen molar-refractivity contribution in [3.05, 3.63) is 35.5 Å². The van der Waals surface area contributed by atoms with Crippen molar-refractivity contribution in [2.45, 2.75) is 57.9 Å². The molecule has 0 spiro atoms. The van der Waals surface area contributed by atoms with Gasteiger partial charge in [0, 0.05) is 23.5 Å². The van der Waals surface area contributed by atoms with Crippen LogP contribution in [0.25, 0.3) is 10.9 Å². The van der Waals surface area contributed by atoms with Gasteiger partial charge in [0.15, 0.2) is 0 Å². The maximum absolute atomic E-state index is 12.9. The lowest BCUT2D eigenvalue weighted by atomic mass is 9.83. The molecule has 2 fully saturated rings. The first-order valence-corrected chi connectivity index (χ1v) is 10.6. The van der Waals surface area contributed by atoms with Crippen molar-refractivity contribution in [1.82, 2.24) is 15.6 Å². The third-order valence-corrected chi connectivity index (χ3v) is 6.45. The second kappa shape index (κ2) is 7.90. The predicted molar refractivity (Wildman–Crippen MR) is 111 cm³/mol. The summed E-state index contributed by atoms with van der Waals surface area (Å²) in [5.74, 6) is -0.446. The van der Waals surface area contributed by atoms with E-state index in [2.05, 4.69) is 40.7 Å². The van der Waals surface area contributed by atoms with E-state index < -0.39 is 0 Å². The van der Waals surface area contributed by atoms with E-state index in [1.165, 1.54) is 5.56 Å². The molecular weight excluding hydrogens is 364 g/mol. The van der Waals surface area contributed by atoms with E-state index >= 15 is 0 Å². The number of nitrogens with zero attached hydrogens (tertiary/aromatic N) is 1. The summed E-state index contributed by atoms with van der Waals surface area (Å²) in [6, 6.07) is 10.2. The number of aromatic amines is 1. The minimum atomic E-state index is -0.356. The van der Waals surface area contributed by atoms with Gasteiger partial charge in [0.2, 0.25) is 5.91 Å². The number of fused-ring (bicyclic) bond motifs is 1. The van der Waals surface area contributed by atoms with Crippen molar-refractivity contribution < 1.29 is 9.59 Å². The average molecular weight is 393 g/mol. The molecular formula is C23H28N4O2. The summed E-state index contributed by atoms with van der Waals surface area (Å²) in [7, 11) is 0. The van der Waals surface area contributed by atoms with Crippen molar-refractivity contribution in [3.63, 3.8) is 0 Å². The first-order valence-electron chi connectivity index (χ1n) is 10.6. The standard InChI is InChI=1S/C23H28N4O2/c1-2-15-7-8-18-16(11-15)12-20(26-18)22(29)27-19-6-4-3-5-17(19)21(28)25-14-23(13-24)9-10-23/h7-8,11-12,17,19,26H,2-6,9-10,14H2,1H3,(H,25,28)(H,27,29)/t17-,19+/m1/s1. The van der Waals surface area contributed by atoms with Crippen LogP contribution in [-0.2, 0) is 11.2 Å². The molecule has 1 aromatic carbocycles. The smallest absolute Gasteiger partial charge is 0.267 e. The summed E-state index contributed by atoms with van der Waals surface area (Å²) < 4.78 is 0. The number of nitrogens with one attached hydrogen (secondary N) is 3. The average Bonchev–Trinajstić information content (AvgIpc) is 3.41. The van der Waals surface area contributed by atoms with Crippen LogP contribution in [0.2, 0.25) is 0 Å². The van der Waals surface area contributed by atoms with Gasteiger partial charge in [-0.05, 0) is 55.9 Å². The molecule has 0 saturated heterocycles. The summed E-state index contributed by atoms with van der Waals surface area (Å²) in [5.41, 5.74) is 2.35. The molecule has 2 aliphatic rings. The Bertz CT molecular complexity index is 967. The fourth-order valence-corrected chi connectivity index (χ4v) is 4.25. The topological polar surface area (TPSA) is 97.8 Å². The Morgan fingerprint density at radius 3 is 2.76 bits per heavy atom. The molecule has 2 saturated carbocycles. The van der Waals surface area contributed by atoms with Crippen LogP contribution in [0.3, 0.4) is 0 Å². The van der Waals surface area contributed by atoms with E-state index in [4.69, 9.17) is 0 Å². The van der Waals surface area contributed by atoms with Crippen LogP contribution in [0.5, 0.6) is 0 Å². The number of carbonyl (C=O) groups excluding carboxylic acids is 2. The monoisotopic (exact) mass is 392 g/mol. The molecule has 152 valence electrons. The van der Waals surface area contributed by atoms with Gasteiger partial charge >= 0.3 is 0 Å². The minimum Gasteiger partial charge on any atom is -0.354 e. The van der Waals surface area contributed by atoms with Gasteiger partial charge in [-0.3, -0.25) is 9.59 Å². The van der Waals surface area contributed by atoms with Gasteiger partial charge in [-0.15, -0.1) is 0 Å². The van der Waals surface area contributed by atoms with E-state index in [-0.39, 0.29) is 29.2 Å². The molecule has 29 heavy (non-hydrogen) atoms. The third-order valence-electron chi connectivity index (χ3n) is 6.45. The summed E-state index contributed by atoms with van der Waals surface area (Å²) in [4.78, 5) is 28.8. The molecule has 1 heterocycles. The van der Waals surface area contributed by atoms with Crippen molar-refractivity contribution in [3.8, 4) is 6.07 Å². The van der Waals surface area contributed by atoms with Gasteiger partial charge in [-0.1, -0.05) is 25.8 Å². The van der Waals surface area contributed by atoms with E-state index in [1.807, 2.05) is 12.1 Å². The van der Waals surface area contributed by atoms with Crippen molar-refractivity contribution in [1.29, 1.82) is 5.26 Å².